The summed E-state index contributed by atoms with van der Waals surface area (Å²) in [4.78, 5) is 19.5. The minimum atomic E-state index is -3.65. The first-order valence-corrected chi connectivity index (χ1v) is 7.47. The van der Waals surface area contributed by atoms with Gasteiger partial charge in [0.1, 0.15) is 5.75 Å². The SMILES string of the molecule is CCCCCP(=O)(O)Oc1ccc([N+](=O)[O-])cc1. The van der Waals surface area contributed by atoms with Crippen LogP contribution in [0.5, 0.6) is 5.75 Å². The van der Waals surface area contributed by atoms with Crippen LogP contribution in [0.2, 0.25) is 0 Å². The number of rotatable bonds is 7. The number of nitro benzene ring substituents is 1. The van der Waals surface area contributed by atoms with Gasteiger partial charge < -0.3 is 9.42 Å². The lowest BCUT2D eigenvalue weighted by molar-refractivity contribution is -0.384. The van der Waals surface area contributed by atoms with Crippen molar-refractivity contribution < 1.29 is 18.9 Å². The molecule has 0 fully saturated rings. The summed E-state index contributed by atoms with van der Waals surface area (Å²) in [6.07, 6.45) is 2.54. The molecule has 0 aliphatic heterocycles. The van der Waals surface area contributed by atoms with Gasteiger partial charge >= 0.3 is 7.60 Å². The fourth-order valence-corrected chi connectivity index (χ4v) is 2.57. The van der Waals surface area contributed by atoms with Crippen LogP contribution in [0.25, 0.3) is 0 Å². The molecule has 0 aliphatic rings. The molecule has 0 amide bonds. The largest absolute Gasteiger partial charge is 0.424 e. The van der Waals surface area contributed by atoms with Gasteiger partial charge in [0, 0.05) is 12.1 Å². The van der Waals surface area contributed by atoms with Crippen LogP contribution in [0.3, 0.4) is 0 Å². The van der Waals surface area contributed by atoms with E-state index >= 15 is 0 Å². The third-order valence-corrected chi connectivity index (χ3v) is 3.72. The molecule has 1 rings (SSSR count). The minimum Gasteiger partial charge on any atom is -0.424 e. The van der Waals surface area contributed by atoms with E-state index in [0.29, 0.717) is 6.42 Å². The summed E-state index contributed by atoms with van der Waals surface area (Å²) in [5, 5.41) is 10.4. The van der Waals surface area contributed by atoms with Crippen molar-refractivity contribution in [1.82, 2.24) is 0 Å². The minimum absolute atomic E-state index is 0.0823. The molecule has 0 bridgehead atoms. The van der Waals surface area contributed by atoms with Crippen molar-refractivity contribution >= 4 is 13.3 Å². The van der Waals surface area contributed by atoms with Gasteiger partial charge in [-0.25, -0.2) is 4.57 Å². The van der Waals surface area contributed by atoms with Crippen LogP contribution in [-0.4, -0.2) is 16.0 Å². The van der Waals surface area contributed by atoms with E-state index in [-0.39, 0.29) is 17.6 Å². The molecule has 1 atom stereocenters. The molecule has 0 aromatic heterocycles. The van der Waals surface area contributed by atoms with Crippen LogP contribution >= 0.6 is 7.60 Å². The second-order valence-electron chi connectivity index (χ2n) is 3.91. The van der Waals surface area contributed by atoms with Gasteiger partial charge in [-0.15, -0.1) is 0 Å². The average molecular weight is 273 g/mol. The monoisotopic (exact) mass is 273 g/mol. The smallest absolute Gasteiger partial charge is 0.376 e. The Morgan fingerprint density at radius 1 is 1.33 bits per heavy atom. The lowest BCUT2D eigenvalue weighted by Crippen LogP contribution is -1.97. The van der Waals surface area contributed by atoms with E-state index in [1.54, 1.807) is 0 Å². The first-order valence-electron chi connectivity index (χ1n) is 5.70. The van der Waals surface area contributed by atoms with E-state index < -0.39 is 12.5 Å². The van der Waals surface area contributed by atoms with Gasteiger partial charge in [0.05, 0.1) is 11.1 Å². The van der Waals surface area contributed by atoms with Crippen molar-refractivity contribution in [1.29, 1.82) is 0 Å². The average Bonchev–Trinajstić information content (AvgIpc) is 2.29. The van der Waals surface area contributed by atoms with Crippen molar-refractivity contribution in [3.63, 3.8) is 0 Å². The Balaban J connectivity index is 2.60. The molecule has 0 spiro atoms. The lowest BCUT2D eigenvalue weighted by Gasteiger charge is -2.12. The molecule has 0 saturated carbocycles. The van der Waals surface area contributed by atoms with Crippen LogP contribution in [-0.2, 0) is 4.57 Å². The topological polar surface area (TPSA) is 89.7 Å². The van der Waals surface area contributed by atoms with E-state index in [4.69, 9.17) is 4.52 Å². The molecule has 1 aromatic rings. The lowest BCUT2D eigenvalue weighted by atomic mass is 10.3. The van der Waals surface area contributed by atoms with Gasteiger partial charge in [-0.1, -0.05) is 19.8 Å². The Labute approximate surface area is 105 Å². The molecule has 0 heterocycles. The molecule has 0 radical (unpaired) electrons. The third kappa shape index (κ3) is 4.85. The Morgan fingerprint density at radius 3 is 2.44 bits per heavy atom. The van der Waals surface area contributed by atoms with E-state index in [9.17, 15) is 19.6 Å². The summed E-state index contributed by atoms with van der Waals surface area (Å²) in [5.41, 5.74) is -0.0823. The number of unbranched alkanes of at least 4 members (excludes halogenated alkanes) is 2. The van der Waals surface area contributed by atoms with Crippen molar-refractivity contribution in [2.24, 2.45) is 0 Å². The molecule has 100 valence electrons. The fraction of sp³-hybridized carbons (Fsp3) is 0.455. The van der Waals surface area contributed by atoms with Gasteiger partial charge in [-0.2, -0.15) is 0 Å². The number of non-ortho nitro benzene ring substituents is 1. The molecule has 1 N–H and O–H groups in total. The number of hydrogen-bond acceptors (Lipinski definition) is 4. The maximum Gasteiger partial charge on any atom is 0.376 e. The molecule has 0 saturated heterocycles. The molecule has 0 aliphatic carbocycles. The van der Waals surface area contributed by atoms with Gasteiger partial charge in [-0.05, 0) is 18.6 Å². The fourth-order valence-electron chi connectivity index (χ4n) is 1.40. The number of benzene rings is 1. The highest BCUT2D eigenvalue weighted by molar-refractivity contribution is 7.53. The quantitative estimate of drug-likeness (QED) is 0.356. The highest BCUT2D eigenvalue weighted by Gasteiger charge is 2.20. The van der Waals surface area contributed by atoms with E-state index in [1.807, 2.05) is 6.92 Å². The zero-order valence-corrected chi connectivity index (χ0v) is 11.0. The highest BCUT2D eigenvalue weighted by atomic mass is 31.2. The third-order valence-electron chi connectivity index (χ3n) is 2.34. The maximum atomic E-state index is 11.7. The highest BCUT2D eigenvalue weighted by Crippen LogP contribution is 2.43. The first kappa shape index (κ1) is 14.7. The summed E-state index contributed by atoms with van der Waals surface area (Å²) in [5.74, 6) is 0.169. The second kappa shape index (κ2) is 6.52. The van der Waals surface area contributed by atoms with Crippen molar-refractivity contribution in [3.8, 4) is 5.75 Å². The van der Waals surface area contributed by atoms with E-state index in [0.717, 1.165) is 12.8 Å². The summed E-state index contributed by atoms with van der Waals surface area (Å²) in [7, 11) is -3.65. The van der Waals surface area contributed by atoms with Crippen LogP contribution < -0.4 is 4.52 Å². The van der Waals surface area contributed by atoms with Crippen molar-refractivity contribution in [3.05, 3.63) is 34.4 Å². The van der Waals surface area contributed by atoms with Gasteiger partial charge in [-0.3, -0.25) is 10.1 Å². The Morgan fingerprint density at radius 2 is 1.94 bits per heavy atom. The zero-order valence-electron chi connectivity index (χ0n) is 10.1. The Hall–Kier alpha value is -1.39. The van der Waals surface area contributed by atoms with Crippen LogP contribution in [0, 0.1) is 10.1 Å². The number of hydrogen-bond donors (Lipinski definition) is 1. The predicted octanol–water partition coefficient (Wildman–Crippen LogP) is 3.35. The zero-order chi connectivity index (χ0) is 13.6. The normalized spacial score (nSPS) is 13.9. The summed E-state index contributed by atoms with van der Waals surface area (Å²) in [6.45, 7) is 2.00. The number of nitrogens with zero attached hydrogens (tertiary/aromatic N) is 1. The van der Waals surface area contributed by atoms with Crippen molar-refractivity contribution in [2.75, 3.05) is 6.16 Å². The Bertz CT molecular complexity index is 445. The van der Waals surface area contributed by atoms with Gasteiger partial charge in [0.2, 0.25) is 0 Å². The summed E-state index contributed by atoms with van der Waals surface area (Å²) < 4.78 is 16.6. The predicted molar refractivity (Wildman–Crippen MR) is 67.9 cm³/mol. The molecule has 1 aromatic carbocycles. The number of nitro groups is 1. The van der Waals surface area contributed by atoms with Crippen LogP contribution in [0.15, 0.2) is 24.3 Å². The van der Waals surface area contributed by atoms with E-state index in [2.05, 4.69) is 0 Å². The summed E-state index contributed by atoms with van der Waals surface area (Å²) >= 11 is 0. The van der Waals surface area contributed by atoms with Crippen LogP contribution in [0.4, 0.5) is 5.69 Å². The molecular weight excluding hydrogens is 257 g/mol. The summed E-state index contributed by atoms with van der Waals surface area (Å²) in [6, 6.07) is 5.12. The Kier molecular flexibility index (Phi) is 5.31. The van der Waals surface area contributed by atoms with Crippen molar-refractivity contribution in [2.45, 2.75) is 26.2 Å². The molecular formula is C11H16NO5P. The van der Waals surface area contributed by atoms with Crippen LogP contribution in [0.1, 0.15) is 26.2 Å². The van der Waals surface area contributed by atoms with Gasteiger partial charge in [0.15, 0.2) is 0 Å². The molecule has 7 heteroatoms. The standard InChI is InChI=1S/C11H16NO5P/c1-2-3-4-9-18(15,16)17-11-7-5-10(6-8-11)12(13)14/h5-8H,2-4,9H2,1H3,(H,15,16). The maximum absolute atomic E-state index is 11.7. The second-order valence-corrected chi connectivity index (χ2v) is 5.82. The van der Waals surface area contributed by atoms with Gasteiger partial charge in [0.25, 0.3) is 5.69 Å². The molecule has 6 nitrogen and oxygen atoms in total. The first-order chi connectivity index (χ1) is 8.44. The molecule has 18 heavy (non-hydrogen) atoms. The molecule has 1 unspecified atom stereocenters. The van der Waals surface area contributed by atoms with E-state index in [1.165, 1.54) is 24.3 Å².